The lowest BCUT2D eigenvalue weighted by Crippen LogP contribution is -2.23. The van der Waals surface area contributed by atoms with Gasteiger partial charge in [0.15, 0.2) is 0 Å². The lowest BCUT2D eigenvalue weighted by atomic mass is 9.85. The molecule has 1 fully saturated rings. The fraction of sp³-hybridized carbons (Fsp3) is 0.562. The van der Waals surface area contributed by atoms with Crippen LogP contribution in [0.15, 0.2) is 22.7 Å². The van der Waals surface area contributed by atoms with Crippen LogP contribution in [0.5, 0.6) is 0 Å². The van der Waals surface area contributed by atoms with E-state index in [0.717, 1.165) is 15.8 Å². The molecule has 0 radical (unpaired) electrons. The number of nitrogens with zero attached hydrogens (tertiary/aromatic N) is 2. The summed E-state index contributed by atoms with van der Waals surface area (Å²) in [6.45, 7) is 4.37. The fourth-order valence-corrected chi connectivity index (χ4v) is 3.90. The molecular weight excluding hydrogens is 336 g/mol. The first kappa shape index (κ1) is 14.4. The average molecular weight is 356 g/mol. The van der Waals surface area contributed by atoms with Crippen molar-refractivity contribution in [3.8, 4) is 0 Å². The molecule has 0 spiro atoms. The molecule has 1 aliphatic rings. The van der Waals surface area contributed by atoms with Crippen molar-refractivity contribution in [1.82, 2.24) is 9.55 Å². The van der Waals surface area contributed by atoms with Crippen molar-refractivity contribution in [1.29, 1.82) is 0 Å². The summed E-state index contributed by atoms with van der Waals surface area (Å²) in [5.41, 5.74) is 2.26. The van der Waals surface area contributed by atoms with Crippen molar-refractivity contribution in [2.45, 2.75) is 50.9 Å². The van der Waals surface area contributed by atoms with Crippen LogP contribution in [0.3, 0.4) is 0 Å². The Morgan fingerprint density at radius 1 is 1.35 bits per heavy atom. The molecule has 0 N–H and O–H groups in total. The number of halogens is 2. The van der Waals surface area contributed by atoms with Crippen LogP contribution < -0.4 is 0 Å². The van der Waals surface area contributed by atoms with E-state index in [-0.39, 0.29) is 5.38 Å². The Hall–Kier alpha value is -0.540. The quantitative estimate of drug-likeness (QED) is 0.618. The summed E-state index contributed by atoms with van der Waals surface area (Å²) >= 11 is 9.92. The predicted molar refractivity (Wildman–Crippen MR) is 88.4 cm³/mol. The van der Waals surface area contributed by atoms with E-state index in [4.69, 9.17) is 16.6 Å². The lowest BCUT2D eigenvalue weighted by molar-refractivity contribution is 0.257. The Bertz CT molecular complexity index is 620. The number of hydrogen-bond acceptors (Lipinski definition) is 1. The van der Waals surface area contributed by atoms with E-state index >= 15 is 0 Å². The minimum atomic E-state index is -0.0599. The average Bonchev–Trinajstić information content (AvgIpc) is 2.78. The van der Waals surface area contributed by atoms with Gasteiger partial charge in [0.1, 0.15) is 5.82 Å². The van der Waals surface area contributed by atoms with E-state index in [1.165, 1.54) is 31.2 Å². The molecule has 1 aromatic carbocycles. The zero-order valence-electron chi connectivity index (χ0n) is 11.9. The van der Waals surface area contributed by atoms with Crippen LogP contribution in [-0.2, 0) is 0 Å². The third kappa shape index (κ3) is 2.50. The highest BCUT2D eigenvalue weighted by Gasteiger charge is 2.28. The van der Waals surface area contributed by atoms with Gasteiger partial charge in [0.05, 0.1) is 16.4 Å². The zero-order valence-corrected chi connectivity index (χ0v) is 14.3. The van der Waals surface area contributed by atoms with Gasteiger partial charge in [0.25, 0.3) is 0 Å². The Kier molecular flexibility index (Phi) is 4.09. The van der Waals surface area contributed by atoms with Gasteiger partial charge in [-0.05, 0) is 43.9 Å². The Morgan fingerprint density at radius 3 is 2.80 bits per heavy atom. The van der Waals surface area contributed by atoms with Crippen LogP contribution in [0.2, 0.25) is 0 Å². The first-order chi connectivity index (χ1) is 9.58. The summed E-state index contributed by atoms with van der Waals surface area (Å²) in [4.78, 5) is 4.78. The van der Waals surface area contributed by atoms with Gasteiger partial charge in [-0.25, -0.2) is 4.98 Å². The minimum Gasteiger partial charge on any atom is -0.323 e. The number of benzene rings is 1. The fourth-order valence-electron chi connectivity index (χ4n) is 3.40. The van der Waals surface area contributed by atoms with Crippen LogP contribution in [0.1, 0.15) is 56.8 Å². The molecular formula is C16H20BrClN2. The van der Waals surface area contributed by atoms with E-state index in [1.807, 2.05) is 6.92 Å². The van der Waals surface area contributed by atoms with Crippen LogP contribution in [0.25, 0.3) is 11.0 Å². The molecule has 3 unspecified atom stereocenters. The van der Waals surface area contributed by atoms with Gasteiger partial charge in [-0.3, -0.25) is 0 Å². The molecule has 0 amide bonds. The van der Waals surface area contributed by atoms with E-state index < -0.39 is 0 Å². The third-order valence-corrected chi connectivity index (χ3v) is 5.12. The van der Waals surface area contributed by atoms with Gasteiger partial charge in [0.2, 0.25) is 0 Å². The molecule has 1 aliphatic carbocycles. The summed E-state index contributed by atoms with van der Waals surface area (Å²) in [7, 11) is 0. The monoisotopic (exact) mass is 354 g/mol. The molecule has 0 bridgehead atoms. The van der Waals surface area contributed by atoms with Crippen LogP contribution >= 0.6 is 27.5 Å². The largest absolute Gasteiger partial charge is 0.323 e. The maximum absolute atomic E-state index is 6.39. The van der Waals surface area contributed by atoms with Crippen molar-refractivity contribution in [3.05, 3.63) is 28.5 Å². The highest BCUT2D eigenvalue weighted by molar-refractivity contribution is 9.10. The van der Waals surface area contributed by atoms with Crippen molar-refractivity contribution < 1.29 is 0 Å². The van der Waals surface area contributed by atoms with Gasteiger partial charge in [-0.1, -0.05) is 35.7 Å². The maximum Gasteiger partial charge on any atom is 0.127 e. The Labute approximate surface area is 133 Å². The van der Waals surface area contributed by atoms with Crippen molar-refractivity contribution in [3.63, 3.8) is 0 Å². The van der Waals surface area contributed by atoms with Gasteiger partial charge in [0, 0.05) is 10.5 Å². The first-order valence-electron chi connectivity index (χ1n) is 7.39. The normalized spacial score (nSPS) is 25.0. The van der Waals surface area contributed by atoms with Gasteiger partial charge in [-0.2, -0.15) is 0 Å². The number of imidazole rings is 1. The van der Waals surface area contributed by atoms with Gasteiger partial charge < -0.3 is 4.57 Å². The molecule has 4 heteroatoms. The first-order valence-corrected chi connectivity index (χ1v) is 8.62. The summed E-state index contributed by atoms with van der Waals surface area (Å²) < 4.78 is 3.48. The summed E-state index contributed by atoms with van der Waals surface area (Å²) in [5.74, 6) is 1.71. The van der Waals surface area contributed by atoms with E-state index in [9.17, 15) is 0 Å². The summed E-state index contributed by atoms with van der Waals surface area (Å²) in [6, 6.07) is 6.88. The summed E-state index contributed by atoms with van der Waals surface area (Å²) in [5, 5.41) is -0.0599. The molecule has 1 heterocycles. The van der Waals surface area contributed by atoms with E-state index in [2.05, 4.69) is 45.6 Å². The third-order valence-electron chi connectivity index (χ3n) is 4.43. The molecule has 2 aromatic rings. The second kappa shape index (κ2) is 5.69. The van der Waals surface area contributed by atoms with Crippen molar-refractivity contribution in [2.75, 3.05) is 0 Å². The number of alkyl halides is 1. The van der Waals surface area contributed by atoms with Crippen LogP contribution in [0, 0.1) is 5.92 Å². The molecule has 1 saturated carbocycles. The molecule has 3 rings (SSSR count). The number of hydrogen-bond donors (Lipinski definition) is 0. The highest BCUT2D eigenvalue weighted by Crippen LogP contribution is 2.39. The van der Waals surface area contributed by atoms with E-state index in [0.29, 0.717) is 12.0 Å². The minimum absolute atomic E-state index is 0.0599. The zero-order chi connectivity index (χ0) is 14.3. The van der Waals surface area contributed by atoms with Crippen molar-refractivity contribution >= 4 is 38.6 Å². The second-order valence-corrected chi connectivity index (χ2v) is 7.49. The number of fused-ring (bicyclic) bond motifs is 1. The topological polar surface area (TPSA) is 17.8 Å². The molecule has 20 heavy (non-hydrogen) atoms. The standard InChI is InChI=1S/C16H20BrClN2/c1-10-5-3-4-6-14(10)20-15-8-7-12(17)9-13(15)19-16(20)11(2)18/h7-11,14H,3-6H2,1-2H3. The predicted octanol–water partition coefficient (Wildman–Crippen LogP) is 5.85. The molecule has 0 aliphatic heterocycles. The smallest absolute Gasteiger partial charge is 0.127 e. The van der Waals surface area contributed by atoms with Gasteiger partial charge >= 0.3 is 0 Å². The molecule has 0 saturated heterocycles. The van der Waals surface area contributed by atoms with Crippen LogP contribution in [-0.4, -0.2) is 9.55 Å². The SMILES string of the molecule is CC(Cl)c1nc2cc(Br)ccc2n1C1CCCCC1C. The second-order valence-electron chi connectivity index (χ2n) is 5.92. The molecule has 1 aromatic heterocycles. The lowest BCUT2D eigenvalue weighted by Gasteiger charge is -2.32. The van der Waals surface area contributed by atoms with Crippen LogP contribution in [0.4, 0.5) is 0 Å². The molecule has 3 atom stereocenters. The van der Waals surface area contributed by atoms with Crippen molar-refractivity contribution in [2.24, 2.45) is 5.92 Å². The van der Waals surface area contributed by atoms with E-state index in [1.54, 1.807) is 0 Å². The van der Waals surface area contributed by atoms with Gasteiger partial charge in [-0.15, -0.1) is 11.6 Å². The Balaban J connectivity index is 2.18. The number of aromatic nitrogens is 2. The highest BCUT2D eigenvalue weighted by atomic mass is 79.9. The number of rotatable bonds is 2. The maximum atomic E-state index is 6.39. The molecule has 108 valence electrons. The summed E-state index contributed by atoms with van der Waals surface area (Å²) in [6.07, 6.45) is 5.19. The molecule has 2 nitrogen and oxygen atoms in total. The Morgan fingerprint density at radius 2 is 2.10 bits per heavy atom.